The quantitative estimate of drug-likeness (QED) is 0.341. The number of hydrogen-bond acceptors (Lipinski definition) is 4. The Morgan fingerprint density at radius 2 is 1.90 bits per heavy atom. The van der Waals surface area contributed by atoms with E-state index in [0.29, 0.717) is 17.8 Å². The number of ether oxygens (including phenoxy) is 1. The minimum Gasteiger partial charge on any atom is -0.367 e. The van der Waals surface area contributed by atoms with Gasteiger partial charge in [-0.25, -0.2) is 10.0 Å². The number of allylic oxidation sites excluding steroid dienone is 3. The van der Waals surface area contributed by atoms with Gasteiger partial charge in [-0.3, -0.25) is 14.2 Å². The first-order valence-electron chi connectivity index (χ1n) is 9.33. The number of nitrogens with zero attached hydrogens (tertiary/aromatic N) is 2. The normalized spacial score (nSPS) is 20.5. The second-order valence-electron chi connectivity index (χ2n) is 6.94. The van der Waals surface area contributed by atoms with Gasteiger partial charge in [-0.15, -0.1) is 0 Å². The van der Waals surface area contributed by atoms with Crippen molar-refractivity contribution in [1.29, 1.82) is 0 Å². The van der Waals surface area contributed by atoms with Crippen molar-refractivity contribution in [2.45, 2.75) is 33.1 Å². The molecule has 2 rings (SSSR count). The van der Waals surface area contributed by atoms with E-state index in [1.807, 2.05) is 6.92 Å². The smallest absolute Gasteiger partial charge is 0.350 e. The van der Waals surface area contributed by atoms with E-state index < -0.39 is 37.8 Å². The summed E-state index contributed by atoms with van der Waals surface area (Å²) in [6.45, 7) is 6.87. The summed E-state index contributed by atoms with van der Waals surface area (Å²) in [6, 6.07) is 8.75. The Kier molecular flexibility index (Phi) is 7.54. The van der Waals surface area contributed by atoms with Crippen LogP contribution < -0.4 is 5.01 Å². The molecule has 1 fully saturated rings. The maximum atomic E-state index is 13.6. The largest absolute Gasteiger partial charge is 0.367 e. The number of para-hydroxylation sites is 1. The highest BCUT2D eigenvalue weighted by Gasteiger charge is 2.59. The van der Waals surface area contributed by atoms with Crippen LogP contribution in [-0.2, 0) is 18.9 Å². The highest BCUT2D eigenvalue weighted by molar-refractivity contribution is 7.51. The van der Waals surface area contributed by atoms with Gasteiger partial charge in [-0.05, 0) is 31.6 Å². The number of carbonyl (C=O) groups is 2. The SMILES string of the molecule is C=C/C=C(\C)N1C(=O)C(CCCC)(COCP(=O)(O)O)C(=O)N1c1ccccc1. The second kappa shape index (κ2) is 9.50. The molecule has 29 heavy (non-hydrogen) atoms. The summed E-state index contributed by atoms with van der Waals surface area (Å²) in [4.78, 5) is 45.3. The fourth-order valence-corrected chi connectivity index (χ4v) is 3.60. The van der Waals surface area contributed by atoms with Crippen molar-refractivity contribution in [1.82, 2.24) is 5.01 Å². The first-order chi connectivity index (χ1) is 13.7. The average Bonchev–Trinajstić information content (AvgIpc) is 2.88. The Labute approximate surface area is 170 Å². The molecule has 1 heterocycles. The van der Waals surface area contributed by atoms with Crippen molar-refractivity contribution in [2.75, 3.05) is 18.0 Å². The molecule has 0 radical (unpaired) electrons. The molecule has 0 saturated carbocycles. The summed E-state index contributed by atoms with van der Waals surface area (Å²) >= 11 is 0. The third-order valence-corrected chi connectivity index (χ3v) is 5.18. The lowest BCUT2D eigenvalue weighted by atomic mass is 9.82. The molecule has 0 bridgehead atoms. The van der Waals surface area contributed by atoms with Crippen LogP contribution >= 0.6 is 7.60 Å². The molecule has 1 unspecified atom stereocenters. The van der Waals surface area contributed by atoms with Crippen molar-refractivity contribution >= 4 is 25.1 Å². The third kappa shape index (κ3) is 5.03. The lowest BCUT2D eigenvalue weighted by Gasteiger charge is -2.28. The number of hydrogen-bond donors (Lipinski definition) is 2. The number of unbranched alkanes of at least 4 members (excludes halogenated alkanes) is 1. The Morgan fingerprint density at radius 1 is 1.24 bits per heavy atom. The first-order valence-corrected chi connectivity index (χ1v) is 11.1. The zero-order valence-electron chi connectivity index (χ0n) is 16.7. The standard InChI is InChI=1S/C20H27N2O6P/c1-4-6-13-20(14-28-15-29(25,26)27)18(23)21(16(3)10-5-2)22(19(20)24)17-11-8-7-9-12-17/h5,7-12H,2,4,6,13-15H2,1,3H3,(H2,25,26,27)/b16-10+. The van der Waals surface area contributed by atoms with E-state index in [1.54, 1.807) is 43.3 Å². The molecule has 8 nitrogen and oxygen atoms in total. The lowest BCUT2D eigenvalue weighted by molar-refractivity contribution is -0.142. The number of anilines is 1. The van der Waals surface area contributed by atoms with E-state index in [9.17, 15) is 14.2 Å². The molecule has 1 saturated heterocycles. The van der Waals surface area contributed by atoms with Crippen molar-refractivity contribution in [3.63, 3.8) is 0 Å². The number of rotatable bonds is 10. The summed E-state index contributed by atoms with van der Waals surface area (Å²) in [7, 11) is -4.43. The Balaban J connectivity index is 2.52. The molecular formula is C20H27N2O6P. The topological polar surface area (TPSA) is 107 Å². The molecular weight excluding hydrogens is 395 g/mol. The minimum absolute atomic E-state index is 0.212. The molecule has 9 heteroatoms. The van der Waals surface area contributed by atoms with Gasteiger partial charge in [-0.1, -0.05) is 50.6 Å². The van der Waals surface area contributed by atoms with Gasteiger partial charge in [0.15, 0.2) is 5.41 Å². The van der Waals surface area contributed by atoms with E-state index in [4.69, 9.17) is 14.5 Å². The van der Waals surface area contributed by atoms with Gasteiger partial charge in [0.2, 0.25) is 0 Å². The van der Waals surface area contributed by atoms with E-state index >= 15 is 0 Å². The van der Waals surface area contributed by atoms with Gasteiger partial charge in [0.25, 0.3) is 11.8 Å². The van der Waals surface area contributed by atoms with Crippen LogP contribution in [-0.4, -0.2) is 39.6 Å². The predicted molar refractivity (Wildman–Crippen MR) is 110 cm³/mol. The molecule has 0 spiro atoms. The highest BCUT2D eigenvalue weighted by Crippen LogP contribution is 2.43. The maximum absolute atomic E-state index is 13.6. The Morgan fingerprint density at radius 3 is 2.45 bits per heavy atom. The van der Waals surface area contributed by atoms with E-state index in [1.165, 1.54) is 16.1 Å². The van der Waals surface area contributed by atoms with Gasteiger partial charge in [-0.2, -0.15) is 0 Å². The van der Waals surface area contributed by atoms with Gasteiger partial charge in [0.05, 0.1) is 12.3 Å². The number of carbonyl (C=O) groups excluding carboxylic acids is 2. The van der Waals surface area contributed by atoms with Crippen LogP contribution in [0.15, 0.2) is 54.8 Å². The summed E-state index contributed by atoms with van der Waals surface area (Å²) in [5.41, 5.74) is -0.552. The average molecular weight is 422 g/mol. The van der Waals surface area contributed by atoms with E-state index in [2.05, 4.69) is 6.58 Å². The van der Waals surface area contributed by atoms with Crippen LogP contribution in [0.25, 0.3) is 0 Å². The molecule has 0 aromatic heterocycles. The van der Waals surface area contributed by atoms with Crippen LogP contribution in [0, 0.1) is 5.41 Å². The maximum Gasteiger partial charge on any atom is 0.350 e. The number of amides is 2. The van der Waals surface area contributed by atoms with Crippen LogP contribution in [0.1, 0.15) is 33.1 Å². The summed E-state index contributed by atoms with van der Waals surface area (Å²) < 4.78 is 16.4. The van der Waals surface area contributed by atoms with Crippen molar-refractivity contribution in [2.24, 2.45) is 5.41 Å². The lowest BCUT2D eigenvalue weighted by Crippen LogP contribution is -2.41. The molecule has 1 aromatic rings. The third-order valence-electron chi connectivity index (χ3n) is 4.66. The fraction of sp³-hybridized carbons (Fsp3) is 0.400. The molecule has 1 aliphatic heterocycles. The summed E-state index contributed by atoms with van der Waals surface area (Å²) in [5, 5.41) is 2.59. The van der Waals surface area contributed by atoms with Gasteiger partial charge < -0.3 is 14.5 Å². The monoisotopic (exact) mass is 422 g/mol. The van der Waals surface area contributed by atoms with Gasteiger partial charge in [0.1, 0.15) is 6.35 Å². The van der Waals surface area contributed by atoms with Gasteiger partial charge in [0, 0.05) is 5.70 Å². The first kappa shape index (κ1) is 23.0. The zero-order chi connectivity index (χ0) is 21.7. The highest BCUT2D eigenvalue weighted by atomic mass is 31.2. The van der Waals surface area contributed by atoms with E-state index in [-0.39, 0.29) is 6.42 Å². The number of hydrazine groups is 1. The van der Waals surface area contributed by atoms with Crippen molar-refractivity contribution < 1.29 is 28.7 Å². The fourth-order valence-electron chi connectivity index (χ4n) is 3.27. The minimum atomic E-state index is -4.43. The van der Waals surface area contributed by atoms with Gasteiger partial charge >= 0.3 is 7.60 Å². The second-order valence-corrected chi connectivity index (χ2v) is 8.53. The summed E-state index contributed by atoms with van der Waals surface area (Å²) in [6.07, 6.45) is 3.82. The van der Waals surface area contributed by atoms with Crippen LogP contribution in [0.3, 0.4) is 0 Å². The Hall–Kier alpha value is -2.25. The molecule has 1 atom stereocenters. The van der Waals surface area contributed by atoms with Crippen LogP contribution in [0.2, 0.25) is 0 Å². The molecule has 1 aliphatic rings. The Bertz CT molecular complexity index is 835. The number of benzene rings is 1. The molecule has 1 aromatic carbocycles. The zero-order valence-corrected chi connectivity index (χ0v) is 17.5. The van der Waals surface area contributed by atoms with E-state index in [0.717, 1.165) is 6.42 Å². The van der Waals surface area contributed by atoms with Crippen molar-refractivity contribution in [3.05, 3.63) is 54.8 Å². The molecule has 2 amide bonds. The molecule has 158 valence electrons. The van der Waals surface area contributed by atoms with Crippen molar-refractivity contribution in [3.8, 4) is 0 Å². The molecule has 2 N–H and O–H groups in total. The predicted octanol–water partition coefficient (Wildman–Crippen LogP) is 3.20. The van der Waals surface area contributed by atoms with Crippen LogP contribution in [0.5, 0.6) is 0 Å². The summed E-state index contributed by atoms with van der Waals surface area (Å²) in [5.74, 6) is -0.967. The molecule has 0 aliphatic carbocycles. The van der Waals surface area contributed by atoms with Crippen LogP contribution in [0.4, 0.5) is 5.69 Å².